The lowest BCUT2D eigenvalue weighted by molar-refractivity contribution is 0.0853. The molecule has 4 rings (SSSR count). The van der Waals surface area contributed by atoms with Crippen molar-refractivity contribution in [3.05, 3.63) is 46.0 Å². The first-order valence-corrected chi connectivity index (χ1v) is 10.0. The quantitative estimate of drug-likeness (QED) is 0.483. The number of carbonyl (C=O) groups is 1. The molecular formula is C21H21ClN4O6. The Balaban J connectivity index is 1.67. The van der Waals surface area contributed by atoms with E-state index in [0.717, 1.165) is 11.3 Å². The first kappa shape index (κ1) is 21.6. The molecule has 11 heteroatoms. The summed E-state index contributed by atoms with van der Waals surface area (Å²) in [6.07, 6.45) is 2.11. The number of nitrogens with two attached hydrogens (primary N) is 1. The molecule has 10 nitrogen and oxygen atoms in total. The molecule has 168 valence electrons. The van der Waals surface area contributed by atoms with Gasteiger partial charge in [0.05, 0.1) is 26.1 Å². The maximum absolute atomic E-state index is 11.1. The van der Waals surface area contributed by atoms with Gasteiger partial charge in [-0.1, -0.05) is 28.9 Å². The van der Waals surface area contributed by atoms with Gasteiger partial charge in [0.2, 0.25) is 18.3 Å². The molecule has 0 saturated heterocycles. The number of amides is 2. The SMILES string of the molecule is COc1c(CC2CC(c3ccc(Cl)cc3)=NO2)c(/C=N\NC(N)=O)c2c(c1OC)OCO2. The number of urea groups is 1. The van der Waals surface area contributed by atoms with Gasteiger partial charge in [0.15, 0.2) is 11.5 Å². The van der Waals surface area contributed by atoms with E-state index in [2.05, 4.69) is 15.7 Å². The fourth-order valence-electron chi connectivity index (χ4n) is 3.63. The van der Waals surface area contributed by atoms with Gasteiger partial charge in [0, 0.05) is 29.0 Å². The molecule has 2 heterocycles. The number of benzene rings is 2. The van der Waals surface area contributed by atoms with Gasteiger partial charge < -0.3 is 29.5 Å². The molecule has 32 heavy (non-hydrogen) atoms. The molecule has 0 aromatic heterocycles. The minimum Gasteiger partial charge on any atom is -0.492 e. The van der Waals surface area contributed by atoms with Gasteiger partial charge in [-0.05, 0) is 17.7 Å². The van der Waals surface area contributed by atoms with E-state index < -0.39 is 6.03 Å². The van der Waals surface area contributed by atoms with E-state index in [1.807, 2.05) is 12.1 Å². The summed E-state index contributed by atoms with van der Waals surface area (Å²) in [5.41, 5.74) is 10.3. The van der Waals surface area contributed by atoms with Gasteiger partial charge in [-0.2, -0.15) is 5.10 Å². The van der Waals surface area contributed by atoms with Gasteiger partial charge in [0.25, 0.3) is 0 Å². The number of ether oxygens (including phenoxy) is 4. The van der Waals surface area contributed by atoms with Crippen LogP contribution in [0.1, 0.15) is 23.1 Å². The third-order valence-electron chi connectivity index (χ3n) is 4.99. The highest BCUT2D eigenvalue weighted by Gasteiger charge is 2.33. The molecule has 1 atom stereocenters. The number of carbonyl (C=O) groups excluding carboxylic acids is 1. The van der Waals surface area contributed by atoms with Crippen LogP contribution in [0.2, 0.25) is 5.02 Å². The van der Waals surface area contributed by atoms with Crippen LogP contribution in [0.4, 0.5) is 4.79 Å². The normalized spacial score (nSPS) is 16.6. The van der Waals surface area contributed by atoms with E-state index in [-0.39, 0.29) is 12.9 Å². The lowest BCUT2D eigenvalue weighted by atomic mass is 9.95. The van der Waals surface area contributed by atoms with Gasteiger partial charge in [0.1, 0.15) is 6.10 Å². The first-order chi connectivity index (χ1) is 15.5. The fraction of sp³-hybridized carbons (Fsp3) is 0.286. The predicted molar refractivity (Wildman–Crippen MR) is 117 cm³/mol. The number of primary amides is 1. The van der Waals surface area contributed by atoms with E-state index in [1.54, 1.807) is 12.1 Å². The zero-order valence-electron chi connectivity index (χ0n) is 17.4. The highest BCUT2D eigenvalue weighted by atomic mass is 35.5. The Morgan fingerprint density at radius 2 is 1.97 bits per heavy atom. The van der Waals surface area contributed by atoms with Crippen molar-refractivity contribution >= 4 is 29.6 Å². The standard InChI is InChI=1S/C21H21ClN4O6/c1-28-17-14(7-13-8-16(26-32-13)11-3-5-12(22)6-4-11)15(9-24-25-21(23)27)18-20(19(17)29-2)31-10-30-18/h3-6,9,13H,7-8,10H2,1-2H3,(H3,23,25,27)/b24-9-. The van der Waals surface area contributed by atoms with E-state index >= 15 is 0 Å². The number of nitrogens with one attached hydrogen (secondary N) is 1. The zero-order chi connectivity index (χ0) is 22.7. The molecule has 0 aliphatic carbocycles. The van der Waals surface area contributed by atoms with Crippen molar-refractivity contribution in [3.63, 3.8) is 0 Å². The summed E-state index contributed by atoms with van der Waals surface area (Å²) in [5.74, 6) is 1.65. The summed E-state index contributed by atoms with van der Waals surface area (Å²) in [7, 11) is 3.04. The molecule has 3 N–H and O–H groups in total. The number of hydrogen-bond acceptors (Lipinski definition) is 8. The second-order valence-corrected chi connectivity index (χ2v) is 7.37. The highest BCUT2D eigenvalue weighted by molar-refractivity contribution is 6.30. The monoisotopic (exact) mass is 460 g/mol. The summed E-state index contributed by atoms with van der Waals surface area (Å²) in [6.45, 7) is 0.00609. The van der Waals surface area contributed by atoms with Gasteiger partial charge in [-0.15, -0.1) is 0 Å². The lowest BCUT2D eigenvalue weighted by Crippen LogP contribution is -2.24. The predicted octanol–water partition coefficient (Wildman–Crippen LogP) is 2.82. The summed E-state index contributed by atoms with van der Waals surface area (Å²) in [6, 6.07) is 6.60. The van der Waals surface area contributed by atoms with Crippen molar-refractivity contribution in [1.29, 1.82) is 0 Å². The topological polar surface area (TPSA) is 126 Å². The van der Waals surface area contributed by atoms with E-state index in [9.17, 15) is 4.79 Å². The molecule has 2 amide bonds. The molecular weight excluding hydrogens is 440 g/mol. The molecule has 2 aliphatic heterocycles. The molecule has 0 saturated carbocycles. The fourth-order valence-corrected chi connectivity index (χ4v) is 3.75. The Hall–Kier alpha value is -3.66. The van der Waals surface area contributed by atoms with Gasteiger partial charge in [-0.25, -0.2) is 10.2 Å². The number of hydrazone groups is 1. The average molecular weight is 461 g/mol. The summed E-state index contributed by atoms with van der Waals surface area (Å²) < 4.78 is 22.4. The third-order valence-corrected chi connectivity index (χ3v) is 5.24. The Morgan fingerprint density at radius 1 is 1.25 bits per heavy atom. The van der Waals surface area contributed by atoms with E-state index in [0.29, 0.717) is 52.0 Å². The molecule has 0 radical (unpaired) electrons. The van der Waals surface area contributed by atoms with Crippen LogP contribution >= 0.6 is 11.6 Å². The van der Waals surface area contributed by atoms with Crippen molar-refractivity contribution in [2.24, 2.45) is 16.0 Å². The number of rotatable bonds is 7. The van der Waals surface area contributed by atoms with Crippen molar-refractivity contribution in [3.8, 4) is 23.0 Å². The van der Waals surface area contributed by atoms with Crippen molar-refractivity contribution in [2.45, 2.75) is 18.9 Å². The molecule has 0 fully saturated rings. The third kappa shape index (κ3) is 4.22. The van der Waals surface area contributed by atoms with Gasteiger partial charge in [-0.3, -0.25) is 0 Å². The minimum absolute atomic E-state index is 0.00609. The Bertz CT molecular complexity index is 1090. The molecule has 2 aliphatic rings. The van der Waals surface area contributed by atoms with Crippen LogP contribution in [0.3, 0.4) is 0 Å². The number of oxime groups is 1. The Kier molecular flexibility index (Phi) is 6.22. The first-order valence-electron chi connectivity index (χ1n) is 9.65. The van der Waals surface area contributed by atoms with Crippen LogP contribution in [0.25, 0.3) is 0 Å². The molecule has 1 unspecified atom stereocenters. The smallest absolute Gasteiger partial charge is 0.332 e. The number of fused-ring (bicyclic) bond motifs is 1. The zero-order valence-corrected chi connectivity index (χ0v) is 18.1. The summed E-state index contributed by atoms with van der Waals surface area (Å²) >= 11 is 5.98. The van der Waals surface area contributed by atoms with Crippen molar-refractivity contribution in [2.75, 3.05) is 21.0 Å². The largest absolute Gasteiger partial charge is 0.492 e. The number of methoxy groups -OCH3 is 2. The van der Waals surface area contributed by atoms with E-state index in [4.69, 9.17) is 41.1 Å². The van der Waals surface area contributed by atoms with Crippen LogP contribution in [0.5, 0.6) is 23.0 Å². The van der Waals surface area contributed by atoms with Crippen molar-refractivity contribution < 1.29 is 28.6 Å². The Morgan fingerprint density at radius 3 is 2.66 bits per heavy atom. The maximum Gasteiger partial charge on any atom is 0.332 e. The Labute approximate surface area is 188 Å². The average Bonchev–Trinajstić information content (AvgIpc) is 3.44. The summed E-state index contributed by atoms with van der Waals surface area (Å²) in [4.78, 5) is 16.8. The van der Waals surface area contributed by atoms with E-state index in [1.165, 1.54) is 20.4 Å². The second kappa shape index (κ2) is 9.23. The van der Waals surface area contributed by atoms with Crippen LogP contribution in [-0.2, 0) is 11.3 Å². The van der Waals surface area contributed by atoms with Crippen LogP contribution in [0.15, 0.2) is 34.5 Å². The lowest BCUT2D eigenvalue weighted by Gasteiger charge is -2.19. The molecule has 0 spiro atoms. The van der Waals surface area contributed by atoms with Crippen LogP contribution in [0, 0.1) is 0 Å². The van der Waals surface area contributed by atoms with Crippen molar-refractivity contribution in [1.82, 2.24) is 5.43 Å². The summed E-state index contributed by atoms with van der Waals surface area (Å²) in [5, 5.41) is 8.78. The number of nitrogens with zero attached hydrogens (tertiary/aromatic N) is 2. The van der Waals surface area contributed by atoms with Crippen LogP contribution in [-0.4, -0.2) is 45.1 Å². The molecule has 2 aromatic rings. The van der Waals surface area contributed by atoms with Gasteiger partial charge >= 0.3 is 6.03 Å². The molecule has 0 bridgehead atoms. The maximum atomic E-state index is 11.1. The second-order valence-electron chi connectivity index (χ2n) is 6.94. The highest BCUT2D eigenvalue weighted by Crippen LogP contribution is 2.52. The molecule has 2 aromatic carbocycles. The van der Waals surface area contributed by atoms with Crippen LogP contribution < -0.4 is 30.1 Å². The minimum atomic E-state index is -0.794. The number of halogens is 1. The number of hydrogen-bond donors (Lipinski definition) is 2.